The largest absolute Gasteiger partial charge is 0.453 e. The van der Waals surface area contributed by atoms with Crippen molar-refractivity contribution in [2.75, 3.05) is 44.4 Å². The van der Waals surface area contributed by atoms with Gasteiger partial charge in [0, 0.05) is 18.8 Å². The molecule has 1 aromatic heterocycles. The van der Waals surface area contributed by atoms with Gasteiger partial charge < -0.3 is 25.4 Å². The van der Waals surface area contributed by atoms with Crippen LogP contribution < -0.4 is 11.1 Å². The van der Waals surface area contributed by atoms with Crippen molar-refractivity contribution in [2.24, 2.45) is 0 Å². The number of carbonyl (C=O) groups is 1. The van der Waals surface area contributed by atoms with E-state index in [9.17, 15) is 4.79 Å². The summed E-state index contributed by atoms with van der Waals surface area (Å²) in [7, 11) is 1.38. The van der Waals surface area contributed by atoms with Gasteiger partial charge in [-0.2, -0.15) is 0 Å². The lowest BCUT2D eigenvalue weighted by Gasteiger charge is -2.32. The van der Waals surface area contributed by atoms with Crippen LogP contribution in [0.1, 0.15) is 5.69 Å². The quantitative estimate of drug-likeness (QED) is 0.853. The van der Waals surface area contributed by atoms with Crippen molar-refractivity contribution in [3.05, 3.63) is 18.0 Å². The minimum absolute atomic E-state index is 0.0939. The molecular formula is C13H20N4O3. The molecule has 20 heavy (non-hydrogen) atoms. The summed E-state index contributed by atoms with van der Waals surface area (Å²) in [6.07, 6.45) is 1.28. The van der Waals surface area contributed by atoms with Crippen molar-refractivity contribution >= 4 is 17.5 Å². The van der Waals surface area contributed by atoms with Crippen LogP contribution in [0.2, 0.25) is 0 Å². The number of nitrogens with one attached hydrogen (secondary N) is 1. The highest BCUT2D eigenvalue weighted by Gasteiger charge is 2.24. The van der Waals surface area contributed by atoms with Gasteiger partial charge in [0.1, 0.15) is 0 Å². The Bertz CT molecular complexity index is 481. The molecule has 1 aromatic rings. The van der Waals surface area contributed by atoms with E-state index >= 15 is 0 Å². The smallest absolute Gasteiger partial charge is 0.409 e. The van der Waals surface area contributed by atoms with E-state index in [0.29, 0.717) is 31.9 Å². The van der Waals surface area contributed by atoms with Gasteiger partial charge >= 0.3 is 6.09 Å². The zero-order valence-corrected chi connectivity index (χ0v) is 11.8. The van der Waals surface area contributed by atoms with Crippen LogP contribution >= 0.6 is 0 Å². The molecule has 1 fully saturated rings. The number of ether oxygens (including phenoxy) is 2. The average Bonchev–Trinajstić information content (AvgIpc) is 2.46. The number of nitrogens with two attached hydrogens (primary N) is 1. The van der Waals surface area contributed by atoms with Crippen LogP contribution in [-0.4, -0.2) is 55.4 Å². The number of carbonyl (C=O) groups excluding carboxylic acids is 1. The molecule has 0 saturated carbocycles. The number of pyridine rings is 1. The van der Waals surface area contributed by atoms with E-state index in [1.165, 1.54) is 7.11 Å². The molecule has 2 heterocycles. The molecule has 1 amide bonds. The van der Waals surface area contributed by atoms with Crippen LogP contribution in [0.5, 0.6) is 0 Å². The molecular weight excluding hydrogens is 260 g/mol. The maximum Gasteiger partial charge on any atom is 0.409 e. The Morgan fingerprint density at radius 2 is 2.50 bits per heavy atom. The third-order valence-electron chi connectivity index (χ3n) is 3.16. The van der Waals surface area contributed by atoms with Crippen molar-refractivity contribution in [3.8, 4) is 0 Å². The second kappa shape index (κ2) is 6.42. The first kappa shape index (κ1) is 14.4. The topological polar surface area (TPSA) is 89.7 Å². The van der Waals surface area contributed by atoms with Gasteiger partial charge in [-0.15, -0.1) is 0 Å². The number of methoxy groups -OCH3 is 1. The Kier molecular flexibility index (Phi) is 4.62. The second-order valence-corrected chi connectivity index (χ2v) is 4.70. The van der Waals surface area contributed by atoms with Crippen LogP contribution in [0.25, 0.3) is 0 Å². The summed E-state index contributed by atoms with van der Waals surface area (Å²) >= 11 is 0. The molecule has 2 rings (SSSR count). The molecule has 110 valence electrons. The van der Waals surface area contributed by atoms with Crippen LogP contribution in [0.15, 0.2) is 12.3 Å². The first-order chi connectivity index (χ1) is 9.60. The summed E-state index contributed by atoms with van der Waals surface area (Å²) in [5, 5.41) is 3.20. The maximum absolute atomic E-state index is 11.5. The molecule has 0 aliphatic carbocycles. The molecule has 0 radical (unpaired) electrons. The first-order valence-electron chi connectivity index (χ1n) is 6.50. The number of rotatable bonds is 3. The number of aromatic nitrogens is 1. The number of aryl methyl sites for hydroxylation is 1. The van der Waals surface area contributed by atoms with E-state index in [2.05, 4.69) is 10.3 Å². The highest BCUT2D eigenvalue weighted by atomic mass is 16.5. The Morgan fingerprint density at radius 3 is 3.20 bits per heavy atom. The number of hydrogen-bond acceptors (Lipinski definition) is 6. The van der Waals surface area contributed by atoms with E-state index in [4.69, 9.17) is 15.2 Å². The van der Waals surface area contributed by atoms with Gasteiger partial charge in [-0.25, -0.2) is 4.79 Å². The molecule has 1 aliphatic rings. The number of morpholine rings is 1. The maximum atomic E-state index is 11.5. The number of anilines is 2. The molecule has 7 heteroatoms. The summed E-state index contributed by atoms with van der Waals surface area (Å²) < 4.78 is 10.3. The van der Waals surface area contributed by atoms with Crippen LogP contribution in [0.4, 0.5) is 16.2 Å². The highest BCUT2D eigenvalue weighted by Crippen LogP contribution is 2.18. The summed E-state index contributed by atoms with van der Waals surface area (Å²) in [6.45, 7) is 4.00. The SMILES string of the molecule is COC(=O)N1CCO[C@@H](CNc2cnc(C)cc2N)C1. The minimum atomic E-state index is -0.324. The molecule has 0 aromatic carbocycles. The predicted molar refractivity (Wildman–Crippen MR) is 75.6 cm³/mol. The fourth-order valence-corrected chi connectivity index (χ4v) is 2.09. The van der Waals surface area contributed by atoms with Crippen molar-refractivity contribution in [1.29, 1.82) is 0 Å². The van der Waals surface area contributed by atoms with Gasteiger partial charge in [0.25, 0.3) is 0 Å². The monoisotopic (exact) mass is 280 g/mol. The molecule has 7 nitrogen and oxygen atoms in total. The van der Waals surface area contributed by atoms with Gasteiger partial charge in [0.05, 0.1) is 43.9 Å². The van der Waals surface area contributed by atoms with Crippen molar-refractivity contribution < 1.29 is 14.3 Å². The third-order valence-corrected chi connectivity index (χ3v) is 3.16. The van der Waals surface area contributed by atoms with Gasteiger partial charge in [-0.1, -0.05) is 0 Å². The summed E-state index contributed by atoms with van der Waals surface area (Å²) in [5.41, 5.74) is 8.20. The minimum Gasteiger partial charge on any atom is -0.453 e. The van der Waals surface area contributed by atoms with Gasteiger partial charge in [0.2, 0.25) is 0 Å². The number of nitrogens with zero attached hydrogens (tertiary/aromatic N) is 2. The Labute approximate surface area is 118 Å². The van der Waals surface area contributed by atoms with Crippen molar-refractivity contribution in [1.82, 2.24) is 9.88 Å². The zero-order valence-electron chi connectivity index (χ0n) is 11.8. The van der Waals surface area contributed by atoms with Crippen molar-refractivity contribution in [2.45, 2.75) is 13.0 Å². The fourth-order valence-electron chi connectivity index (χ4n) is 2.09. The molecule has 0 bridgehead atoms. The van der Waals surface area contributed by atoms with Crippen molar-refractivity contribution in [3.63, 3.8) is 0 Å². The molecule has 0 spiro atoms. The summed E-state index contributed by atoms with van der Waals surface area (Å²) in [6, 6.07) is 1.81. The number of amides is 1. The molecule has 1 aliphatic heterocycles. The molecule has 0 unspecified atom stereocenters. The predicted octanol–water partition coefficient (Wildman–Crippen LogP) is 0.851. The normalized spacial score (nSPS) is 18.7. The Balaban J connectivity index is 1.88. The van der Waals surface area contributed by atoms with E-state index in [1.807, 2.05) is 13.0 Å². The zero-order chi connectivity index (χ0) is 14.5. The standard InChI is InChI=1S/C13H20N4O3/c1-9-5-11(14)12(7-15-9)16-6-10-8-17(3-4-20-10)13(18)19-2/h5,7,10,16H,3-4,6,8H2,1-2H3,(H2,14,15)/t10-/m0/s1. The lowest BCUT2D eigenvalue weighted by molar-refractivity contribution is -0.0176. The summed E-state index contributed by atoms with van der Waals surface area (Å²) in [5.74, 6) is 0. The van der Waals surface area contributed by atoms with Gasteiger partial charge in [-0.3, -0.25) is 4.98 Å². The molecule has 1 saturated heterocycles. The van der Waals surface area contributed by atoms with Gasteiger partial charge in [-0.05, 0) is 13.0 Å². The van der Waals surface area contributed by atoms with E-state index in [-0.39, 0.29) is 12.2 Å². The first-order valence-corrected chi connectivity index (χ1v) is 6.50. The van der Waals surface area contributed by atoms with E-state index < -0.39 is 0 Å². The average molecular weight is 280 g/mol. The van der Waals surface area contributed by atoms with Crippen LogP contribution in [0, 0.1) is 6.92 Å². The number of hydrogen-bond donors (Lipinski definition) is 2. The van der Waals surface area contributed by atoms with Crippen LogP contribution in [-0.2, 0) is 9.47 Å². The van der Waals surface area contributed by atoms with Gasteiger partial charge in [0.15, 0.2) is 0 Å². The summed E-state index contributed by atoms with van der Waals surface area (Å²) in [4.78, 5) is 17.3. The van der Waals surface area contributed by atoms with Crippen LogP contribution in [0.3, 0.4) is 0 Å². The molecule has 1 atom stereocenters. The Morgan fingerprint density at radius 1 is 1.70 bits per heavy atom. The lowest BCUT2D eigenvalue weighted by Crippen LogP contribution is -2.47. The third kappa shape index (κ3) is 3.51. The second-order valence-electron chi connectivity index (χ2n) is 4.70. The Hall–Kier alpha value is -2.02. The lowest BCUT2D eigenvalue weighted by atomic mass is 10.2. The molecule has 3 N–H and O–H groups in total. The van der Waals surface area contributed by atoms with E-state index in [1.54, 1.807) is 11.1 Å². The van der Waals surface area contributed by atoms with E-state index in [0.717, 1.165) is 11.4 Å². The highest BCUT2D eigenvalue weighted by molar-refractivity contribution is 5.67. The fraction of sp³-hybridized carbons (Fsp3) is 0.538. The number of nitrogen functional groups attached to an aromatic ring is 1.